The summed E-state index contributed by atoms with van der Waals surface area (Å²) in [6.45, 7) is 5.32. The van der Waals surface area contributed by atoms with Crippen molar-refractivity contribution in [3.8, 4) is 0 Å². The van der Waals surface area contributed by atoms with Gasteiger partial charge < -0.3 is 5.73 Å². The molecule has 120 valence electrons. The molecule has 0 aromatic heterocycles. The molecule has 23 heavy (non-hydrogen) atoms. The second-order valence-corrected chi connectivity index (χ2v) is 6.08. The second-order valence-electron chi connectivity index (χ2n) is 6.08. The zero-order valence-electron chi connectivity index (χ0n) is 13.3. The van der Waals surface area contributed by atoms with E-state index in [0.29, 0.717) is 6.54 Å². The van der Waals surface area contributed by atoms with Crippen LogP contribution in [0.5, 0.6) is 0 Å². The Morgan fingerprint density at radius 3 is 2.13 bits per heavy atom. The largest absolute Gasteiger partial charge is 0.399 e. The maximum absolute atomic E-state index is 12.3. The lowest BCUT2D eigenvalue weighted by Crippen LogP contribution is -2.47. The number of carbonyl (C=O) groups excluding carboxylic acids is 1. The standard InChI is InChI=1S/C19H23N3O/c20-18-8-6-16(7-9-18)14-21-10-12-22(13-11-21)15-19(23)17-4-2-1-3-5-17/h1-9H,10-15,20H2. The summed E-state index contributed by atoms with van der Waals surface area (Å²) in [6.07, 6.45) is 0. The fourth-order valence-corrected chi connectivity index (χ4v) is 2.91. The number of carbonyl (C=O) groups is 1. The maximum Gasteiger partial charge on any atom is 0.176 e. The normalized spacial score (nSPS) is 16.3. The molecule has 2 aromatic carbocycles. The summed E-state index contributed by atoms with van der Waals surface area (Å²) in [7, 11) is 0. The van der Waals surface area contributed by atoms with Gasteiger partial charge in [-0.2, -0.15) is 0 Å². The Hall–Kier alpha value is -2.17. The van der Waals surface area contributed by atoms with Crippen LogP contribution in [-0.2, 0) is 6.54 Å². The number of benzene rings is 2. The van der Waals surface area contributed by atoms with E-state index < -0.39 is 0 Å². The minimum Gasteiger partial charge on any atom is -0.399 e. The molecule has 0 saturated carbocycles. The number of nitrogens with two attached hydrogens (primary N) is 1. The molecular weight excluding hydrogens is 286 g/mol. The van der Waals surface area contributed by atoms with Crippen molar-refractivity contribution in [2.24, 2.45) is 0 Å². The van der Waals surface area contributed by atoms with Crippen LogP contribution in [0.15, 0.2) is 54.6 Å². The summed E-state index contributed by atoms with van der Waals surface area (Å²) in [5.74, 6) is 0.206. The Bertz CT molecular complexity index is 631. The highest BCUT2D eigenvalue weighted by Crippen LogP contribution is 2.11. The molecular formula is C19H23N3O. The van der Waals surface area contributed by atoms with Gasteiger partial charge in [-0.15, -0.1) is 0 Å². The first-order chi connectivity index (χ1) is 11.2. The van der Waals surface area contributed by atoms with Crippen molar-refractivity contribution in [1.29, 1.82) is 0 Å². The number of hydrogen-bond acceptors (Lipinski definition) is 4. The monoisotopic (exact) mass is 309 g/mol. The highest BCUT2D eigenvalue weighted by Gasteiger charge is 2.19. The lowest BCUT2D eigenvalue weighted by Gasteiger charge is -2.34. The van der Waals surface area contributed by atoms with Gasteiger partial charge in [0.05, 0.1) is 6.54 Å². The topological polar surface area (TPSA) is 49.6 Å². The van der Waals surface area contributed by atoms with Crippen LogP contribution in [-0.4, -0.2) is 48.3 Å². The number of piperazine rings is 1. The number of nitrogens with zero attached hydrogens (tertiary/aromatic N) is 2. The van der Waals surface area contributed by atoms with E-state index in [2.05, 4.69) is 21.9 Å². The molecule has 4 heteroatoms. The Morgan fingerprint density at radius 2 is 1.48 bits per heavy atom. The van der Waals surface area contributed by atoms with E-state index in [1.165, 1.54) is 5.56 Å². The van der Waals surface area contributed by atoms with Crippen LogP contribution in [0.4, 0.5) is 5.69 Å². The third kappa shape index (κ3) is 4.41. The summed E-state index contributed by atoms with van der Waals surface area (Å²) in [5.41, 5.74) is 8.61. The van der Waals surface area contributed by atoms with Crippen molar-refractivity contribution in [1.82, 2.24) is 9.80 Å². The lowest BCUT2D eigenvalue weighted by atomic mass is 10.1. The molecule has 1 fully saturated rings. The van der Waals surface area contributed by atoms with Crippen molar-refractivity contribution in [3.63, 3.8) is 0 Å². The molecule has 0 radical (unpaired) electrons. The SMILES string of the molecule is Nc1ccc(CN2CCN(CC(=O)c3ccccc3)CC2)cc1. The van der Waals surface area contributed by atoms with Gasteiger partial charge in [-0.25, -0.2) is 0 Å². The Labute approximate surface area is 137 Å². The summed E-state index contributed by atoms with van der Waals surface area (Å²) < 4.78 is 0. The minimum atomic E-state index is 0.206. The summed E-state index contributed by atoms with van der Waals surface area (Å²) >= 11 is 0. The van der Waals surface area contributed by atoms with Crippen molar-refractivity contribution in [3.05, 3.63) is 65.7 Å². The molecule has 1 heterocycles. The molecule has 2 N–H and O–H groups in total. The third-order valence-corrected chi connectivity index (χ3v) is 4.31. The number of nitrogen functional groups attached to an aromatic ring is 1. The van der Waals surface area contributed by atoms with Crippen LogP contribution in [0.3, 0.4) is 0 Å². The van der Waals surface area contributed by atoms with E-state index in [4.69, 9.17) is 5.73 Å². The number of hydrogen-bond donors (Lipinski definition) is 1. The maximum atomic E-state index is 12.3. The average molecular weight is 309 g/mol. The van der Waals surface area contributed by atoms with E-state index in [1.54, 1.807) is 0 Å². The molecule has 1 aliphatic heterocycles. The highest BCUT2D eigenvalue weighted by molar-refractivity contribution is 5.97. The highest BCUT2D eigenvalue weighted by atomic mass is 16.1. The van der Waals surface area contributed by atoms with Gasteiger partial charge in [0.2, 0.25) is 0 Å². The zero-order valence-corrected chi connectivity index (χ0v) is 13.3. The van der Waals surface area contributed by atoms with E-state index >= 15 is 0 Å². The molecule has 0 atom stereocenters. The van der Waals surface area contributed by atoms with Gasteiger partial charge in [-0.1, -0.05) is 42.5 Å². The van der Waals surface area contributed by atoms with E-state index in [-0.39, 0.29) is 5.78 Å². The van der Waals surface area contributed by atoms with E-state index in [9.17, 15) is 4.79 Å². The van der Waals surface area contributed by atoms with Crippen LogP contribution >= 0.6 is 0 Å². The lowest BCUT2D eigenvalue weighted by molar-refractivity contribution is 0.0844. The molecule has 1 aliphatic rings. The predicted octanol–water partition coefficient (Wildman–Crippen LogP) is 2.27. The molecule has 2 aromatic rings. The molecule has 3 rings (SSSR count). The smallest absolute Gasteiger partial charge is 0.176 e. The minimum absolute atomic E-state index is 0.206. The summed E-state index contributed by atoms with van der Waals surface area (Å²) in [6, 6.07) is 17.6. The fraction of sp³-hybridized carbons (Fsp3) is 0.316. The van der Waals surface area contributed by atoms with Crippen LogP contribution in [0.25, 0.3) is 0 Å². The Balaban J connectivity index is 1.47. The van der Waals surface area contributed by atoms with Crippen LogP contribution in [0.1, 0.15) is 15.9 Å². The first-order valence-electron chi connectivity index (χ1n) is 8.08. The number of ketones is 1. The fourth-order valence-electron chi connectivity index (χ4n) is 2.91. The van der Waals surface area contributed by atoms with Crippen LogP contribution in [0.2, 0.25) is 0 Å². The van der Waals surface area contributed by atoms with E-state index in [1.807, 2.05) is 42.5 Å². The first kappa shape index (κ1) is 15.7. The van der Waals surface area contributed by atoms with Gasteiger partial charge in [0.1, 0.15) is 0 Å². The van der Waals surface area contributed by atoms with Crippen molar-refractivity contribution in [2.45, 2.75) is 6.54 Å². The van der Waals surface area contributed by atoms with Gasteiger partial charge in [0.15, 0.2) is 5.78 Å². The summed E-state index contributed by atoms with van der Waals surface area (Å²) in [5, 5.41) is 0. The van der Waals surface area contributed by atoms with Crippen molar-refractivity contribution >= 4 is 11.5 Å². The van der Waals surface area contributed by atoms with Gasteiger partial charge in [0.25, 0.3) is 0 Å². The Morgan fingerprint density at radius 1 is 0.870 bits per heavy atom. The van der Waals surface area contributed by atoms with Crippen molar-refractivity contribution in [2.75, 3.05) is 38.5 Å². The second kappa shape index (κ2) is 7.40. The number of anilines is 1. The number of rotatable bonds is 5. The quantitative estimate of drug-likeness (QED) is 0.680. The van der Waals surface area contributed by atoms with Gasteiger partial charge in [-0.05, 0) is 17.7 Å². The van der Waals surface area contributed by atoms with Crippen molar-refractivity contribution < 1.29 is 4.79 Å². The molecule has 0 unspecified atom stereocenters. The molecule has 0 aliphatic carbocycles. The first-order valence-corrected chi connectivity index (χ1v) is 8.08. The molecule has 0 amide bonds. The van der Waals surface area contributed by atoms with Crippen LogP contribution in [0, 0.1) is 0 Å². The van der Waals surface area contributed by atoms with Gasteiger partial charge >= 0.3 is 0 Å². The van der Waals surface area contributed by atoms with E-state index in [0.717, 1.165) is 44.0 Å². The predicted molar refractivity (Wildman–Crippen MR) is 93.3 cm³/mol. The molecule has 0 bridgehead atoms. The van der Waals surface area contributed by atoms with Gasteiger partial charge in [0, 0.05) is 44.0 Å². The molecule has 0 spiro atoms. The molecule has 1 saturated heterocycles. The Kier molecular flexibility index (Phi) is 5.05. The van der Waals surface area contributed by atoms with Crippen LogP contribution < -0.4 is 5.73 Å². The number of Topliss-reactive ketones (excluding diaryl/α,β-unsaturated/α-hetero) is 1. The molecule has 4 nitrogen and oxygen atoms in total. The average Bonchev–Trinajstić information content (AvgIpc) is 2.59. The van der Waals surface area contributed by atoms with Gasteiger partial charge in [-0.3, -0.25) is 14.6 Å². The summed E-state index contributed by atoms with van der Waals surface area (Å²) in [4.78, 5) is 16.9. The third-order valence-electron chi connectivity index (χ3n) is 4.31. The zero-order chi connectivity index (χ0) is 16.1.